The molecule has 0 aliphatic carbocycles. The molecule has 1 aromatic carbocycles. The first-order valence-electron chi connectivity index (χ1n) is 8.33. The number of thiophene rings is 1. The third-order valence-corrected chi connectivity index (χ3v) is 6.14. The summed E-state index contributed by atoms with van der Waals surface area (Å²) < 4.78 is 22.7. The van der Waals surface area contributed by atoms with E-state index in [1.165, 1.54) is 28.6 Å². The monoisotopic (exact) mass is 408 g/mol. The van der Waals surface area contributed by atoms with E-state index in [9.17, 15) is 18.0 Å². The lowest BCUT2D eigenvalue weighted by molar-refractivity contribution is -0.131. The minimum atomic E-state index is -3.84. The summed E-state index contributed by atoms with van der Waals surface area (Å²) in [6.07, 6.45) is 1.07. The summed E-state index contributed by atoms with van der Waals surface area (Å²) in [6, 6.07) is 7.16. The molecule has 4 N–H and O–H groups in total. The van der Waals surface area contributed by atoms with Crippen molar-refractivity contribution in [2.24, 2.45) is 5.14 Å². The van der Waals surface area contributed by atoms with Gasteiger partial charge in [0.2, 0.25) is 15.9 Å². The highest BCUT2D eigenvalue weighted by Gasteiger charge is 2.21. The van der Waals surface area contributed by atoms with Crippen molar-refractivity contribution in [3.63, 3.8) is 0 Å². The average Bonchev–Trinajstić information content (AvgIpc) is 3.08. The van der Waals surface area contributed by atoms with E-state index in [0.29, 0.717) is 18.8 Å². The standard InChI is InChI=1S/C17H20N4O4S2/c18-27(24,25)14-3-1-2-13(10-14)20-17(23)19-7-4-16(22)21-8-5-15-12(11-21)6-9-26-15/h1-3,6,9-10H,4-5,7-8,11H2,(H2,18,24,25)(H2,19,20,23). The molecule has 1 aliphatic rings. The van der Waals surface area contributed by atoms with Gasteiger partial charge in [0.15, 0.2) is 0 Å². The van der Waals surface area contributed by atoms with Crippen molar-refractivity contribution in [2.75, 3.05) is 18.4 Å². The molecule has 10 heteroatoms. The highest BCUT2D eigenvalue weighted by Crippen LogP contribution is 2.24. The molecular weight excluding hydrogens is 388 g/mol. The zero-order valence-corrected chi connectivity index (χ0v) is 16.1. The number of carbonyl (C=O) groups is 2. The minimum absolute atomic E-state index is 0.0108. The molecule has 0 spiro atoms. The molecule has 0 fully saturated rings. The van der Waals surface area contributed by atoms with Gasteiger partial charge in [-0.2, -0.15) is 0 Å². The first-order valence-corrected chi connectivity index (χ1v) is 10.8. The number of amides is 3. The lowest BCUT2D eigenvalue weighted by atomic mass is 10.1. The van der Waals surface area contributed by atoms with Gasteiger partial charge in [-0.05, 0) is 41.6 Å². The van der Waals surface area contributed by atoms with Crippen LogP contribution in [0.15, 0.2) is 40.6 Å². The van der Waals surface area contributed by atoms with Crippen molar-refractivity contribution in [3.05, 3.63) is 46.2 Å². The number of primary sulfonamides is 1. The van der Waals surface area contributed by atoms with Crippen LogP contribution in [0.1, 0.15) is 16.9 Å². The highest BCUT2D eigenvalue weighted by molar-refractivity contribution is 7.89. The Morgan fingerprint density at radius 2 is 2.07 bits per heavy atom. The molecule has 1 aliphatic heterocycles. The smallest absolute Gasteiger partial charge is 0.319 e. The second kappa shape index (κ2) is 8.07. The Bertz CT molecular complexity index is 955. The molecule has 8 nitrogen and oxygen atoms in total. The molecule has 3 rings (SSSR count). The molecule has 2 aromatic rings. The summed E-state index contributed by atoms with van der Waals surface area (Å²) in [5, 5.41) is 12.2. The fourth-order valence-electron chi connectivity index (χ4n) is 2.83. The number of urea groups is 1. The summed E-state index contributed by atoms with van der Waals surface area (Å²) in [6.45, 7) is 1.50. The number of nitrogens with two attached hydrogens (primary N) is 1. The van der Waals surface area contributed by atoms with Crippen LogP contribution in [0.5, 0.6) is 0 Å². The maximum Gasteiger partial charge on any atom is 0.319 e. The molecule has 0 saturated carbocycles. The van der Waals surface area contributed by atoms with Gasteiger partial charge < -0.3 is 15.5 Å². The number of nitrogens with one attached hydrogen (secondary N) is 2. The van der Waals surface area contributed by atoms with Gasteiger partial charge in [-0.3, -0.25) is 4.79 Å². The molecule has 27 heavy (non-hydrogen) atoms. The molecule has 2 heterocycles. The SMILES string of the molecule is NS(=O)(=O)c1cccc(NC(=O)NCCC(=O)N2CCc3sccc3C2)c1. The summed E-state index contributed by atoms with van der Waals surface area (Å²) in [4.78, 5) is 27.3. The third-order valence-electron chi connectivity index (χ3n) is 4.21. The van der Waals surface area contributed by atoms with E-state index in [-0.39, 0.29) is 23.8 Å². The number of hydrogen-bond acceptors (Lipinski definition) is 5. The Hall–Kier alpha value is -2.43. The van der Waals surface area contributed by atoms with Crippen molar-refractivity contribution in [1.82, 2.24) is 10.2 Å². The number of carbonyl (C=O) groups excluding carboxylic acids is 2. The lowest BCUT2D eigenvalue weighted by Gasteiger charge is -2.27. The lowest BCUT2D eigenvalue weighted by Crippen LogP contribution is -2.38. The minimum Gasteiger partial charge on any atom is -0.338 e. The van der Waals surface area contributed by atoms with E-state index in [2.05, 4.69) is 10.6 Å². The zero-order chi connectivity index (χ0) is 19.4. The van der Waals surface area contributed by atoms with Gasteiger partial charge in [0.05, 0.1) is 4.90 Å². The van der Waals surface area contributed by atoms with Gasteiger partial charge >= 0.3 is 6.03 Å². The first-order chi connectivity index (χ1) is 12.8. The van der Waals surface area contributed by atoms with Gasteiger partial charge in [-0.25, -0.2) is 18.4 Å². The van der Waals surface area contributed by atoms with E-state index in [4.69, 9.17) is 5.14 Å². The molecule has 0 saturated heterocycles. The second-order valence-electron chi connectivity index (χ2n) is 6.14. The maximum absolute atomic E-state index is 12.3. The van der Waals surface area contributed by atoms with Crippen LogP contribution in [0.4, 0.5) is 10.5 Å². The van der Waals surface area contributed by atoms with Crippen LogP contribution in [0.3, 0.4) is 0 Å². The van der Waals surface area contributed by atoms with Crippen molar-refractivity contribution in [1.29, 1.82) is 0 Å². The molecular formula is C17H20N4O4S2. The zero-order valence-electron chi connectivity index (χ0n) is 14.5. The Balaban J connectivity index is 1.45. The van der Waals surface area contributed by atoms with Crippen LogP contribution in [-0.4, -0.2) is 38.3 Å². The number of nitrogens with zero attached hydrogens (tertiary/aromatic N) is 1. The molecule has 0 unspecified atom stereocenters. The quantitative estimate of drug-likeness (QED) is 0.694. The van der Waals surface area contributed by atoms with E-state index < -0.39 is 16.1 Å². The molecule has 144 valence electrons. The molecule has 0 atom stereocenters. The second-order valence-corrected chi connectivity index (χ2v) is 8.70. The normalized spacial score (nSPS) is 13.7. The summed E-state index contributed by atoms with van der Waals surface area (Å²) in [5.74, 6) is -0.0108. The van der Waals surface area contributed by atoms with E-state index in [0.717, 1.165) is 6.42 Å². The highest BCUT2D eigenvalue weighted by atomic mass is 32.2. The number of rotatable bonds is 5. The number of benzene rings is 1. The molecule has 1 aromatic heterocycles. The van der Waals surface area contributed by atoms with Crippen LogP contribution in [0.2, 0.25) is 0 Å². The van der Waals surface area contributed by atoms with Gasteiger partial charge in [0, 0.05) is 36.6 Å². The van der Waals surface area contributed by atoms with Crippen LogP contribution < -0.4 is 15.8 Å². The van der Waals surface area contributed by atoms with Crippen LogP contribution in [-0.2, 0) is 27.8 Å². The van der Waals surface area contributed by atoms with Crippen LogP contribution in [0.25, 0.3) is 0 Å². The Kier molecular flexibility index (Phi) is 5.78. The van der Waals surface area contributed by atoms with Crippen molar-refractivity contribution < 1.29 is 18.0 Å². The number of fused-ring (bicyclic) bond motifs is 1. The van der Waals surface area contributed by atoms with Crippen LogP contribution in [0, 0.1) is 0 Å². The predicted octanol–water partition coefficient (Wildman–Crippen LogP) is 1.49. The average molecular weight is 409 g/mol. The summed E-state index contributed by atoms with van der Waals surface area (Å²) in [5.41, 5.74) is 1.49. The maximum atomic E-state index is 12.3. The van der Waals surface area contributed by atoms with Gasteiger partial charge in [0.1, 0.15) is 0 Å². The summed E-state index contributed by atoms with van der Waals surface area (Å²) in [7, 11) is -3.84. The van der Waals surface area contributed by atoms with Gasteiger partial charge in [-0.15, -0.1) is 11.3 Å². The Morgan fingerprint density at radius 1 is 1.26 bits per heavy atom. The Morgan fingerprint density at radius 3 is 2.85 bits per heavy atom. The molecule has 0 radical (unpaired) electrons. The number of anilines is 1. The fourth-order valence-corrected chi connectivity index (χ4v) is 4.28. The van der Waals surface area contributed by atoms with Gasteiger partial charge in [0.25, 0.3) is 0 Å². The van der Waals surface area contributed by atoms with Crippen molar-refractivity contribution in [2.45, 2.75) is 24.3 Å². The van der Waals surface area contributed by atoms with E-state index in [1.807, 2.05) is 11.4 Å². The topological polar surface area (TPSA) is 122 Å². The fraction of sp³-hybridized carbons (Fsp3) is 0.294. The van der Waals surface area contributed by atoms with E-state index >= 15 is 0 Å². The number of hydrogen-bond donors (Lipinski definition) is 3. The number of sulfonamides is 1. The largest absolute Gasteiger partial charge is 0.338 e. The Labute approximate surface area is 161 Å². The molecule has 3 amide bonds. The van der Waals surface area contributed by atoms with E-state index in [1.54, 1.807) is 22.3 Å². The summed E-state index contributed by atoms with van der Waals surface area (Å²) >= 11 is 1.72. The van der Waals surface area contributed by atoms with Gasteiger partial charge in [-0.1, -0.05) is 6.07 Å². The van der Waals surface area contributed by atoms with Crippen LogP contribution >= 0.6 is 11.3 Å². The molecule has 0 bridgehead atoms. The predicted molar refractivity (Wildman–Crippen MR) is 103 cm³/mol. The van der Waals surface area contributed by atoms with Crippen molar-refractivity contribution in [3.8, 4) is 0 Å². The third kappa shape index (κ3) is 5.06. The van der Waals surface area contributed by atoms with Crippen molar-refractivity contribution >= 4 is 39.0 Å². The first kappa shape index (κ1) is 19.3.